The molecule has 32 heavy (non-hydrogen) atoms. The molecule has 0 bridgehead atoms. The second kappa shape index (κ2) is 10.4. The Morgan fingerprint density at radius 3 is 2.41 bits per heavy atom. The van der Waals surface area contributed by atoms with Gasteiger partial charge >= 0.3 is 6.36 Å². The highest BCUT2D eigenvalue weighted by Gasteiger charge is 2.36. The lowest BCUT2D eigenvalue weighted by molar-refractivity contribution is -0.274. The number of benzene rings is 2. The zero-order chi connectivity index (χ0) is 23.4. The summed E-state index contributed by atoms with van der Waals surface area (Å²) in [7, 11) is -3.96. The fourth-order valence-corrected chi connectivity index (χ4v) is 5.82. The predicted octanol–water partition coefficient (Wildman–Crippen LogP) is 3.66. The van der Waals surface area contributed by atoms with Crippen LogP contribution in [0.3, 0.4) is 0 Å². The molecule has 2 atom stereocenters. The standard InChI is InChI=1S/C21H24ClF3N2O4S/c22-16-3-1-2-15(12-16)19(28)13-27-20(14-8-10-26-11-9-14)32(29,30)18-6-4-17(5-7-18)31-21(23,24)25/h1-7,12,14,19-20,26-28H,8-11,13H2/t19-,20?/m0/s1. The summed E-state index contributed by atoms with van der Waals surface area (Å²) in [6.45, 7) is 1.25. The summed E-state index contributed by atoms with van der Waals surface area (Å²) in [5.74, 6) is -0.738. The highest BCUT2D eigenvalue weighted by Crippen LogP contribution is 2.29. The third-order valence-electron chi connectivity index (χ3n) is 5.28. The molecule has 3 rings (SSSR count). The first-order valence-electron chi connectivity index (χ1n) is 10.0. The molecule has 0 radical (unpaired) electrons. The van der Waals surface area contributed by atoms with Crippen molar-refractivity contribution in [1.29, 1.82) is 0 Å². The summed E-state index contributed by atoms with van der Waals surface area (Å²) in [5.41, 5.74) is 0.542. The number of alkyl halides is 3. The van der Waals surface area contributed by atoms with E-state index >= 15 is 0 Å². The molecule has 1 saturated heterocycles. The Hall–Kier alpha value is -1.85. The minimum atomic E-state index is -4.87. The fourth-order valence-electron chi connectivity index (χ4n) is 3.71. The summed E-state index contributed by atoms with van der Waals surface area (Å²) in [5, 5.41) is 16.1. The Balaban J connectivity index is 1.80. The Morgan fingerprint density at radius 1 is 1.16 bits per heavy atom. The van der Waals surface area contributed by atoms with Gasteiger partial charge in [0.25, 0.3) is 0 Å². The first kappa shape index (κ1) is 24.8. The van der Waals surface area contributed by atoms with E-state index in [9.17, 15) is 26.7 Å². The van der Waals surface area contributed by atoms with E-state index in [0.29, 0.717) is 36.5 Å². The first-order valence-corrected chi connectivity index (χ1v) is 12.0. The third-order valence-corrected chi connectivity index (χ3v) is 7.66. The molecule has 0 aromatic heterocycles. The van der Waals surface area contributed by atoms with Crippen LogP contribution in [0.1, 0.15) is 24.5 Å². The smallest absolute Gasteiger partial charge is 0.406 e. The molecule has 0 aliphatic carbocycles. The van der Waals surface area contributed by atoms with Gasteiger partial charge in [-0.2, -0.15) is 0 Å². The largest absolute Gasteiger partial charge is 0.573 e. The summed E-state index contributed by atoms with van der Waals surface area (Å²) in [6.07, 6.45) is -4.66. The van der Waals surface area contributed by atoms with Gasteiger partial charge in [-0.05, 0) is 73.8 Å². The number of aliphatic hydroxyl groups excluding tert-OH is 1. The minimum Gasteiger partial charge on any atom is -0.406 e. The normalized spacial score (nSPS) is 17.7. The molecule has 2 aromatic rings. The highest BCUT2D eigenvalue weighted by atomic mass is 35.5. The molecular formula is C21H24ClF3N2O4S. The fraction of sp³-hybridized carbons (Fsp3) is 0.429. The Bertz CT molecular complexity index is 997. The highest BCUT2D eigenvalue weighted by molar-refractivity contribution is 7.92. The lowest BCUT2D eigenvalue weighted by Gasteiger charge is -2.32. The summed E-state index contributed by atoms with van der Waals surface area (Å²) >= 11 is 5.96. The molecule has 1 fully saturated rings. The van der Waals surface area contributed by atoms with Gasteiger partial charge in [0.15, 0.2) is 9.84 Å². The number of rotatable bonds is 8. The molecule has 1 aliphatic heterocycles. The second-order valence-electron chi connectivity index (χ2n) is 7.55. The van der Waals surface area contributed by atoms with Crippen LogP contribution in [-0.2, 0) is 9.84 Å². The molecule has 0 saturated carbocycles. The van der Waals surface area contributed by atoms with Crippen molar-refractivity contribution < 1.29 is 31.4 Å². The molecule has 0 spiro atoms. The zero-order valence-corrected chi connectivity index (χ0v) is 18.6. The van der Waals surface area contributed by atoms with Crippen molar-refractivity contribution >= 4 is 21.4 Å². The molecule has 1 unspecified atom stereocenters. The van der Waals surface area contributed by atoms with Gasteiger partial charge in [-0.1, -0.05) is 23.7 Å². The van der Waals surface area contributed by atoms with Crippen LogP contribution in [0.25, 0.3) is 0 Å². The van der Waals surface area contributed by atoms with Crippen molar-refractivity contribution in [2.24, 2.45) is 5.92 Å². The van der Waals surface area contributed by atoms with Gasteiger partial charge in [-0.25, -0.2) is 8.42 Å². The van der Waals surface area contributed by atoms with E-state index in [0.717, 1.165) is 24.3 Å². The number of sulfone groups is 1. The number of ether oxygens (including phenoxy) is 1. The molecule has 0 amide bonds. The van der Waals surface area contributed by atoms with Gasteiger partial charge < -0.3 is 15.2 Å². The Labute approximate surface area is 189 Å². The van der Waals surface area contributed by atoms with Gasteiger partial charge in [0.1, 0.15) is 11.1 Å². The topological polar surface area (TPSA) is 87.7 Å². The number of hydrogen-bond acceptors (Lipinski definition) is 6. The van der Waals surface area contributed by atoms with Crippen molar-refractivity contribution in [2.75, 3.05) is 19.6 Å². The van der Waals surface area contributed by atoms with E-state index in [1.54, 1.807) is 24.3 Å². The first-order chi connectivity index (χ1) is 15.1. The molecule has 1 aliphatic rings. The SMILES string of the molecule is O=S(=O)(c1ccc(OC(F)(F)F)cc1)C(NC[C@H](O)c1cccc(Cl)c1)C1CCNCC1. The van der Waals surface area contributed by atoms with E-state index in [-0.39, 0.29) is 17.4 Å². The third kappa shape index (κ3) is 6.58. The molecule has 2 aromatic carbocycles. The van der Waals surface area contributed by atoms with Crippen LogP contribution >= 0.6 is 11.6 Å². The van der Waals surface area contributed by atoms with Crippen LogP contribution in [0.2, 0.25) is 5.02 Å². The van der Waals surface area contributed by atoms with Crippen molar-refractivity contribution in [1.82, 2.24) is 10.6 Å². The van der Waals surface area contributed by atoms with E-state index in [2.05, 4.69) is 15.4 Å². The van der Waals surface area contributed by atoms with Gasteiger partial charge in [-0.3, -0.25) is 5.32 Å². The van der Waals surface area contributed by atoms with Gasteiger partial charge in [0, 0.05) is 11.6 Å². The van der Waals surface area contributed by atoms with Crippen molar-refractivity contribution in [3.8, 4) is 5.75 Å². The molecule has 3 N–H and O–H groups in total. The minimum absolute atomic E-state index is 0.0383. The quantitative estimate of drug-likeness (QED) is 0.521. The van der Waals surface area contributed by atoms with Crippen LogP contribution in [0.15, 0.2) is 53.4 Å². The number of nitrogens with one attached hydrogen (secondary N) is 2. The van der Waals surface area contributed by atoms with E-state index in [1.807, 2.05) is 0 Å². The maximum atomic E-state index is 13.4. The lowest BCUT2D eigenvalue weighted by atomic mass is 9.97. The molecule has 1 heterocycles. The maximum Gasteiger partial charge on any atom is 0.573 e. The number of halogens is 4. The Morgan fingerprint density at radius 2 is 1.81 bits per heavy atom. The zero-order valence-electron chi connectivity index (χ0n) is 17.0. The molecule has 11 heteroatoms. The van der Waals surface area contributed by atoms with E-state index in [4.69, 9.17) is 11.6 Å². The summed E-state index contributed by atoms with van der Waals surface area (Å²) in [6, 6.07) is 10.8. The average Bonchev–Trinajstić information content (AvgIpc) is 2.73. The van der Waals surface area contributed by atoms with Crippen LogP contribution in [0.5, 0.6) is 5.75 Å². The molecular weight excluding hydrogens is 469 g/mol. The van der Waals surface area contributed by atoms with Gasteiger partial charge in [0.05, 0.1) is 11.0 Å². The van der Waals surface area contributed by atoms with Crippen molar-refractivity contribution in [3.63, 3.8) is 0 Å². The average molecular weight is 493 g/mol. The van der Waals surface area contributed by atoms with E-state index < -0.39 is 33.4 Å². The van der Waals surface area contributed by atoms with E-state index in [1.165, 1.54) is 0 Å². The van der Waals surface area contributed by atoms with Crippen LogP contribution in [0, 0.1) is 5.92 Å². The number of hydrogen-bond donors (Lipinski definition) is 3. The lowest BCUT2D eigenvalue weighted by Crippen LogP contribution is -2.47. The van der Waals surface area contributed by atoms with Crippen LogP contribution in [0.4, 0.5) is 13.2 Å². The molecule has 6 nitrogen and oxygen atoms in total. The maximum absolute atomic E-state index is 13.4. The predicted molar refractivity (Wildman–Crippen MR) is 114 cm³/mol. The monoisotopic (exact) mass is 492 g/mol. The van der Waals surface area contributed by atoms with Crippen molar-refractivity contribution in [2.45, 2.75) is 35.6 Å². The number of piperidine rings is 1. The second-order valence-corrected chi connectivity index (χ2v) is 10.1. The van der Waals surface area contributed by atoms with Gasteiger partial charge in [-0.15, -0.1) is 13.2 Å². The van der Waals surface area contributed by atoms with Crippen LogP contribution < -0.4 is 15.4 Å². The summed E-state index contributed by atoms with van der Waals surface area (Å²) in [4.78, 5) is -0.125. The summed E-state index contributed by atoms with van der Waals surface area (Å²) < 4.78 is 67.8. The Kier molecular flexibility index (Phi) is 8.05. The molecule has 176 valence electrons. The van der Waals surface area contributed by atoms with Crippen molar-refractivity contribution in [3.05, 3.63) is 59.1 Å². The van der Waals surface area contributed by atoms with Gasteiger partial charge in [0.2, 0.25) is 0 Å². The van der Waals surface area contributed by atoms with Crippen LogP contribution in [-0.4, -0.2) is 44.9 Å². The number of aliphatic hydroxyl groups is 1.